The molecule has 0 fully saturated rings. The van der Waals surface area contributed by atoms with Crippen molar-refractivity contribution in [1.29, 1.82) is 0 Å². The van der Waals surface area contributed by atoms with Gasteiger partial charge in [0.2, 0.25) is 0 Å². The number of carboxylic acids is 1. The van der Waals surface area contributed by atoms with Gasteiger partial charge >= 0.3 is 11.9 Å². The molecule has 0 amide bonds. The third-order valence-corrected chi connectivity index (χ3v) is 3.45. The number of hydrogen-bond acceptors (Lipinski definition) is 4. The average Bonchev–Trinajstić information content (AvgIpc) is 2.90. The van der Waals surface area contributed by atoms with Crippen LogP contribution in [0.3, 0.4) is 0 Å². The Morgan fingerprint density at radius 3 is 2.78 bits per heavy atom. The molecule has 0 unspecified atom stereocenters. The van der Waals surface area contributed by atoms with Crippen molar-refractivity contribution < 1.29 is 19.4 Å². The Bertz CT molecular complexity index is 733. The van der Waals surface area contributed by atoms with Crippen molar-refractivity contribution in [3.8, 4) is 0 Å². The maximum Gasteiger partial charge on any atom is 0.328 e. The molecule has 23 heavy (non-hydrogen) atoms. The second-order valence-corrected chi connectivity index (χ2v) is 5.26. The molecule has 2 N–H and O–H groups in total. The first kappa shape index (κ1) is 16.7. The summed E-state index contributed by atoms with van der Waals surface area (Å²) in [5.41, 5.74) is 2.30. The van der Waals surface area contributed by atoms with E-state index in [2.05, 4.69) is 9.98 Å². The number of esters is 1. The summed E-state index contributed by atoms with van der Waals surface area (Å²) in [6.45, 7) is 3.66. The van der Waals surface area contributed by atoms with Gasteiger partial charge in [-0.3, -0.25) is 9.79 Å². The second-order valence-electron chi connectivity index (χ2n) is 5.26. The Kier molecular flexibility index (Phi) is 5.51. The number of benzene rings is 1. The SMILES string of the molecule is CCOC(=O)CC(C)=N[C@@H](Cc1c[nH]c2ccccc12)C(=O)O. The minimum Gasteiger partial charge on any atom is -0.480 e. The molecule has 1 aromatic carbocycles. The Balaban J connectivity index is 2.16. The molecular weight excluding hydrogens is 296 g/mol. The van der Waals surface area contributed by atoms with Crippen molar-refractivity contribution in [1.82, 2.24) is 4.98 Å². The Labute approximate surface area is 134 Å². The van der Waals surface area contributed by atoms with Crippen LogP contribution in [0.5, 0.6) is 0 Å². The summed E-state index contributed by atoms with van der Waals surface area (Å²) in [5.74, 6) is -1.41. The zero-order valence-corrected chi connectivity index (χ0v) is 13.2. The van der Waals surface area contributed by atoms with E-state index in [-0.39, 0.29) is 12.8 Å². The molecule has 0 radical (unpaired) electrons. The summed E-state index contributed by atoms with van der Waals surface area (Å²) in [7, 11) is 0. The summed E-state index contributed by atoms with van der Waals surface area (Å²) >= 11 is 0. The van der Waals surface area contributed by atoms with Gasteiger partial charge in [0, 0.05) is 29.2 Å². The van der Waals surface area contributed by atoms with Crippen LogP contribution in [-0.4, -0.2) is 40.4 Å². The van der Waals surface area contributed by atoms with Gasteiger partial charge in [-0.1, -0.05) is 18.2 Å². The molecule has 1 aromatic heterocycles. The summed E-state index contributed by atoms with van der Waals surface area (Å²) in [4.78, 5) is 30.2. The van der Waals surface area contributed by atoms with Gasteiger partial charge in [-0.25, -0.2) is 4.79 Å². The highest BCUT2D eigenvalue weighted by molar-refractivity contribution is 5.98. The largest absolute Gasteiger partial charge is 0.480 e. The lowest BCUT2D eigenvalue weighted by molar-refractivity contribution is -0.142. The lowest BCUT2D eigenvalue weighted by Crippen LogP contribution is -2.23. The van der Waals surface area contributed by atoms with Gasteiger partial charge in [0.1, 0.15) is 0 Å². The zero-order chi connectivity index (χ0) is 16.8. The smallest absolute Gasteiger partial charge is 0.328 e. The van der Waals surface area contributed by atoms with E-state index in [0.717, 1.165) is 16.5 Å². The van der Waals surface area contributed by atoms with Crippen LogP contribution in [0.25, 0.3) is 10.9 Å². The molecule has 2 rings (SSSR count). The Morgan fingerprint density at radius 2 is 2.09 bits per heavy atom. The number of rotatable bonds is 7. The minimum absolute atomic E-state index is 0.00546. The number of ether oxygens (including phenoxy) is 1. The third-order valence-electron chi connectivity index (χ3n) is 3.45. The quantitative estimate of drug-likeness (QED) is 0.606. The molecule has 122 valence electrons. The van der Waals surface area contributed by atoms with E-state index in [1.54, 1.807) is 20.0 Å². The van der Waals surface area contributed by atoms with E-state index >= 15 is 0 Å². The first-order chi connectivity index (χ1) is 11.0. The van der Waals surface area contributed by atoms with Crippen molar-refractivity contribution in [3.05, 3.63) is 36.0 Å². The van der Waals surface area contributed by atoms with E-state index < -0.39 is 18.0 Å². The molecule has 6 heteroatoms. The molecule has 6 nitrogen and oxygen atoms in total. The van der Waals surface area contributed by atoms with Gasteiger partial charge in [-0.2, -0.15) is 0 Å². The maximum absolute atomic E-state index is 11.5. The number of H-pyrrole nitrogens is 1. The molecular formula is C17H20N2O4. The summed E-state index contributed by atoms with van der Waals surface area (Å²) in [6.07, 6.45) is 2.07. The summed E-state index contributed by atoms with van der Waals surface area (Å²) < 4.78 is 4.85. The van der Waals surface area contributed by atoms with Gasteiger partial charge in [-0.05, 0) is 25.5 Å². The molecule has 0 saturated carbocycles. The molecule has 1 atom stereocenters. The number of aromatic amines is 1. The van der Waals surface area contributed by atoms with Crippen molar-refractivity contribution in [2.24, 2.45) is 4.99 Å². The summed E-state index contributed by atoms with van der Waals surface area (Å²) in [5, 5.41) is 10.4. The maximum atomic E-state index is 11.5. The molecule has 0 aliphatic heterocycles. The van der Waals surface area contributed by atoms with Crippen LogP contribution in [0.15, 0.2) is 35.5 Å². The topological polar surface area (TPSA) is 91.8 Å². The standard InChI is InChI=1S/C17H20N2O4/c1-3-23-16(20)8-11(2)19-15(17(21)22)9-12-10-18-14-7-5-4-6-13(12)14/h4-7,10,15,18H,3,8-9H2,1-2H3,(H,21,22)/t15-/m0/s1. The van der Waals surface area contributed by atoms with Crippen LogP contribution >= 0.6 is 0 Å². The number of carbonyl (C=O) groups excluding carboxylic acids is 1. The van der Waals surface area contributed by atoms with Crippen molar-refractivity contribution in [2.75, 3.05) is 6.61 Å². The number of fused-ring (bicyclic) bond motifs is 1. The van der Waals surface area contributed by atoms with Crippen molar-refractivity contribution in [2.45, 2.75) is 32.7 Å². The van der Waals surface area contributed by atoms with Gasteiger partial charge in [0.15, 0.2) is 6.04 Å². The van der Waals surface area contributed by atoms with E-state index in [1.165, 1.54) is 0 Å². The van der Waals surface area contributed by atoms with E-state index in [1.807, 2.05) is 24.3 Å². The molecule has 0 saturated heterocycles. The van der Waals surface area contributed by atoms with Crippen LogP contribution in [-0.2, 0) is 20.7 Å². The number of carbonyl (C=O) groups is 2. The Hall–Kier alpha value is -2.63. The molecule has 0 aliphatic carbocycles. The van der Waals surface area contributed by atoms with Crippen LogP contribution in [0, 0.1) is 0 Å². The van der Waals surface area contributed by atoms with E-state index in [9.17, 15) is 14.7 Å². The molecule has 0 bridgehead atoms. The van der Waals surface area contributed by atoms with Crippen molar-refractivity contribution >= 4 is 28.6 Å². The molecule has 0 spiro atoms. The highest BCUT2D eigenvalue weighted by atomic mass is 16.5. The number of aliphatic imine (C=N–C) groups is 1. The van der Waals surface area contributed by atoms with Crippen LogP contribution in [0.2, 0.25) is 0 Å². The van der Waals surface area contributed by atoms with Gasteiger partial charge in [-0.15, -0.1) is 0 Å². The first-order valence-electron chi connectivity index (χ1n) is 7.48. The zero-order valence-electron chi connectivity index (χ0n) is 13.2. The first-order valence-corrected chi connectivity index (χ1v) is 7.48. The number of nitrogens with zero attached hydrogens (tertiary/aromatic N) is 1. The highest BCUT2D eigenvalue weighted by Crippen LogP contribution is 2.20. The number of para-hydroxylation sites is 1. The summed E-state index contributed by atoms with van der Waals surface area (Å²) in [6, 6.07) is 6.77. The molecule has 1 heterocycles. The normalized spacial score (nSPS) is 13.0. The predicted octanol–water partition coefficient (Wildman–Crippen LogP) is 2.58. The van der Waals surface area contributed by atoms with Crippen LogP contribution in [0.4, 0.5) is 0 Å². The number of aromatic nitrogens is 1. The van der Waals surface area contributed by atoms with Gasteiger partial charge in [0.05, 0.1) is 13.0 Å². The molecule has 0 aliphatic rings. The van der Waals surface area contributed by atoms with Crippen LogP contribution < -0.4 is 0 Å². The number of hydrogen-bond donors (Lipinski definition) is 2. The lowest BCUT2D eigenvalue weighted by Gasteiger charge is -2.09. The van der Waals surface area contributed by atoms with E-state index in [4.69, 9.17) is 4.74 Å². The van der Waals surface area contributed by atoms with Gasteiger partial charge < -0.3 is 14.8 Å². The number of carboxylic acid groups (broad SMARTS) is 1. The minimum atomic E-state index is -1.02. The third kappa shape index (κ3) is 4.42. The van der Waals surface area contributed by atoms with Crippen LogP contribution in [0.1, 0.15) is 25.8 Å². The lowest BCUT2D eigenvalue weighted by atomic mass is 10.1. The second kappa shape index (κ2) is 7.58. The predicted molar refractivity (Wildman–Crippen MR) is 87.8 cm³/mol. The van der Waals surface area contributed by atoms with Gasteiger partial charge in [0.25, 0.3) is 0 Å². The molecule has 2 aromatic rings. The fourth-order valence-electron chi connectivity index (χ4n) is 2.43. The average molecular weight is 316 g/mol. The fraction of sp³-hybridized carbons (Fsp3) is 0.353. The van der Waals surface area contributed by atoms with E-state index in [0.29, 0.717) is 12.3 Å². The highest BCUT2D eigenvalue weighted by Gasteiger charge is 2.19. The number of aliphatic carboxylic acids is 1. The monoisotopic (exact) mass is 316 g/mol. The number of nitrogens with one attached hydrogen (secondary N) is 1. The Morgan fingerprint density at radius 1 is 1.35 bits per heavy atom. The fourth-order valence-corrected chi connectivity index (χ4v) is 2.43. The van der Waals surface area contributed by atoms with Crippen molar-refractivity contribution in [3.63, 3.8) is 0 Å².